The summed E-state index contributed by atoms with van der Waals surface area (Å²) < 4.78 is 0. The Kier molecular flexibility index (Phi) is 1.57. The van der Waals surface area contributed by atoms with Crippen molar-refractivity contribution >= 4 is 0 Å². The topological polar surface area (TPSA) is 0 Å². The first-order chi connectivity index (χ1) is 5.76. The molecule has 62 valence electrons. The minimum atomic E-state index is 0.376. The summed E-state index contributed by atoms with van der Waals surface area (Å²) >= 11 is 0. The number of hydrogen-bond donors (Lipinski definition) is 0. The molecule has 1 saturated carbocycles. The second-order valence-corrected chi connectivity index (χ2v) is 3.88. The molecule has 1 aromatic carbocycles. The second kappa shape index (κ2) is 2.48. The zero-order valence-electron chi connectivity index (χ0n) is 7.46. The molecule has 1 aromatic rings. The third-order valence-corrected chi connectivity index (χ3v) is 2.95. The summed E-state index contributed by atoms with van der Waals surface area (Å²) in [6, 6.07) is 10.7. The van der Waals surface area contributed by atoms with E-state index in [1.54, 1.807) is 0 Å². The molecule has 0 amide bonds. The van der Waals surface area contributed by atoms with E-state index < -0.39 is 0 Å². The van der Waals surface area contributed by atoms with Gasteiger partial charge in [-0.15, -0.1) is 6.58 Å². The molecule has 0 bridgehead atoms. The Hall–Kier alpha value is -1.04. The van der Waals surface area contributed by atoms with E-state index in [1.165, 1.54) is 12.0 Å². The highest BCUT2D eigenvalue weighted by Crippen LogP contribution is 2.59. The smallest absolute Gasteiger partial charge is 0.00649 e. The van der Waals surface area contributed by atoms with Gasteiger partial charge in [-0.1, -0.05) is 43.3 Å². The second-order valence-electron chi connectivity index (χ2n) is 3.88. The molecule has 0 radical (unpaired) electrons. The van der Waals surface area contributed by atoms with Gasteiger partial charge in [0.25, 0.3) is 0 Å². The fraction of sp³-hybridized carbons (Fsp3) is 0.333. The van der Waals surface area contributed by atoms with Crippen molar-refractivity contribution in [2.24, 2.45) is 5.41 Å². The summed E-state index contributed by atoms with van der Waals surface area (Å²) in [5.41, 5.74) is 1.83. The molecule has 0 aromatic heterocycles. The van der Waals surface area contributed by atoms with Crippen molar-refractivity contribution < 1.29 is 0 Å². The Bertz CT molecular complexity index is 286. The summed E-state index contributed by atoms with van der Waals surface area (Å²) in [4.78, 5) is 0. The van der Waals surface area contributed by atoms with Gasteiger partial charge in [-0.05, 0) is 23.3 Å². The van der Waals surface area contributed by atoms with Crippen LogP contribution >= 0.6 is 0 Å². The molecular weight excluding hydrogens is 144 g/mol. The van der Waals surface area contributed by atoms with Gasteiger partial charge in [0, 0.05) is 0 Å². The van der Waals surface area contributed by atoms with Gasteiger partial charge >= 0.3 is 0 Å². The van der Waals surface area contributed by atoms with Crippen LogP contribution in [0.25, 0.3) is 0 Å². The van der Waals surface area contributed by atoms with Crippen molar-refractivity contribution in [3.05, 3.63) is 48.6 Å². The molecule has 12 heavy (non-hydrogen) atoms. The lowest BCUT2D eigenvalue weighted by Gasteiger charge is -2.03. The van der Waals surface area contributed by atoms with Crippen molar-refractivity contribution in [2.45, 2.75) is 19.3 Å². The van der Waals surface area contributed by atoms with E-state index in [1.807, 2.05) is 0 Å². The zero-order chi connectivity index (χ0) is 8.60. The lowest BCUT2D eigenvalue weighted by Crippen LogP contribution is -1.90. The molecule has 0 spiro atoms. The first-order valence-corrected chi connectivity index (χ1v) is 4.45. The van der Waals surface area contributed by atoms with Crippen LogP contribution in [0.1, 0.15) is 24.8 Å². The fourth-order valence-corrected chi connectivity index (χ4v) is 1.79. The summed E-state index contributed by atoms with van der Waals surface area (Å²) in [6.45, 7) is 6.15. The van der Waals surface area contributed by atoms with Crippen molar-refractivity contribution in [3.63, 3.8) is 0 Å². The molecule has 0 nitrogen and oxygen atoms in total. The van der Waals surface area contributed by atoms with Crippen LogP contribution in [-0.2, 0) is 0 Å². The average molecular weight is 158 g/mol. The Morgan fingerprint density at radius 3 is 2.58 bits per heavy atom. The van der Waals surface area contributed by atoms with Gasteiger partial charge < -0.3 is 0 Å². The van der Waals surface area contributed by atoms with Crippen LogP contribution in [0.15, 0.2) is 43.0 Å². The minimum Gasteiger partial charge on any atom is -0.103 e. The SMILES string of the molecule is C=C[C@]1(C)C[C@H]1c1ccccc1. The van der Waals surface area contributed by atoms with Crippen LogP contribution in [0.2, 0.25) is 0 Å². The van der Waals surface area contributed by atoms with Gasteiger partial charge in [0.2, 0.25) is 0 Å². The zero-order valence-corrected chi connectivity index (χ0v) is 7.46. The van der Waals surface area contributed by atoms with Crippen molar-refractivity contribution in [1.29, 1.82) is 0 Å². The molecule has 1 aliphatic carbocycles. The van der Waals surface area contributed by atoms with E-state index in [-0.39, 0.29) is 0 Å². The Morgan fingerprint density at radius 1 is 1.42 bits per heavy atom. The maximum Gasteiger partial charge on any atom is -0.00649 e. The van der Waals surface area contributed by atoms with Gasteiger partial charge in [-0.25, -0.2) is 0 Å². The molecule has 2 rings (SSSR count). The number of hydrogen-bond acceptors (Lipinski definition) is 0. The van der Waals surface area contributed by atoms with Crippen molar-refractivity contribution in [3.8, 4) is 0 Å². The van der Waals surface area contributed by atoms with Crippen LogP contribution in [-0.4, -0.2) is 0 Å². The standard InChI is InChI=1S/C12H14/c1-3-12(2)9-11(12)10-7-5-4-6-8-10/h3-8,11H,1,9H2,2H3/t11-,12+/m0/s1. The normalized spacial score (nSPS) is 32.9. The Balaban J connectivity index is 2.21. The molecule has 0 N–H and O–H groups in total. The molecule has 0 heteroatoms. The van der Waals surface area contributed by atoms with E-state index in [0.29, 0.717) is 5.41 Å². The molecule has 0 saturated heterocycles. The first-order valence-electron chi connectivity index (χ1n) is 4.45. The van der Waals surface area contributed by atoms with Crippen molar-refractivity contribution in [1.82, 2.24) is 0 Å². The number of benzene rings is 1. The molecule has 0 heterocycles. The first kappa shape index (κ1) is 7.60. The van der Waals surface area contributed by atoms with Crippen molar-refractivity contribution in [2.75, 3.05) is 0 Å². The molecular formula is C12H14. The molecule has 2 atom stereocenters. The van der Waals surface area contributed by atoms with E-state index in [9.17, 15) is 0 Å². The van der Waals surface area contributed by atoms with Gasteiger partial charge in [-0.3, -0.25) is 0 Å². The quantitative estimate of drug-likeness (QED) is 0.579. The maximum atomic E-state index is 3.87. The number of allylic oxidation sites excluding steroid dienone is 1. The minimum absolute atomic E-state index is 0.376. The summed E-state index contributed by atoms with van der Waals surface area (Å²) in [5.74, 6) is 0.719. The third-order valence-electron chi connectivity index (χ3n) is 2.95. The molecule has 0 unspecified atom stereocenters. The average Bonchev–Trinajstić information content (AvgIpc) is 2.81. The molecule has 0 aliphatic heterocycles. The largest absolute Gasteiger partial charge is 0.103 e. The van der Waals surface area contributed by atoms with Gasteiger partial charge in [0.1, 0.15) is 0 Å². The highest BCUT2D eigenvalue weighted by atomic mass is 14.5. The predicted octanol–water partition coefficient (Wildman–Crippen LogP) is 3.37. The van der Waals surface area contributed by atoms with Crippen LogP contribution in [0.4, 0.5) is 0 Å². The lowest BCUT2D eigenvalue weighted by molar-refractivity contribution is 0.711. The monoisotopic (exact) mass is 158 g/mol. The maximum absolute atomic E-state index is 3.87. The van der Waals surface area contributed by atoms with E-state index in [2.05, 4.69) is 49.9 Å². The van der Waals surface area contributed by atoms with E-state index in [4.69, 9.17) is 0 Å². The number of rotatable bonds is 2. The Labute approximate surface area is 73.9 Å². The predicted molar refractivity (Wildman–Crippen MR) is 52.1 cm³/mol. The Morgan fingerprint density at radius 2 is 2.08 bits per heavy atom. The van der Waals surface area contributed by atoms with Crippen LogP contribution in [0.5, 0.6) is 0 Å². The summed E-state index contributed by atoms with van der Waals surface area (Å²) in [7, 11) is 0. The summed E-state index contributed by atoms with van der Waals surface area (Å²) in [6.07, 6.45) is 3.35. The molecule has 1 aliphatic rings. The molecule has 1 fully saturated rings. The van der Waals surface area contributed by atoms with Gasteiger partial charge in [-0.2, -0.15) is 0 Å². The van der Waals surface area contributed by atoms with Crippen LogP contribution in [0, 0.1) is 5.41 Å². The highest BCUT2D eigenvalue weighted by molar-refractivity contribution is 5.32. The van der Waals surface area contributed by atoms with Gasteiger partial charge in [0.15, 0.2) is 0 Å². The van der Waals surface area contributed by atoms with E-state index >= 15 is 0 Å². The third kappa shape index (κ3) is 1.08. The lowest BCUT2D eigenvalue weighted by atomic mass is 10.0. The fourth-order valence-electron chi connectivity index (χ4n) is 1.79. The van der Waals surface area contributed by atoms with Crippen LogP contribution in [0.3, 0.4) is 0 Å². The van der Waals surface area contributed by atoms with E-state index in [0.717, 1.165) is 5.92 Å². The van der Waals surface area contributed by atoms with Gasteiger partial charge in [0.05, 0.1) is 0 Å². The van der Waals surface area contributed by atoms with Crippen LogP contribution < -0.4 is 0 Å². The summed E-state index contributed by atoms with van der Waals surface area (Å²) in [5, 5.41) is 0. The highest BCUT2D eigenvalue weighted by Gasteiger charge is 2.47.